The summed E-state index contributed by atoms with van der Waals surface area (Å²) < 4.78 is 34.9. The lowest BCUT2D eigenvalue weighted by Crippen LogP contribution is -2.11. The number of hydrogen-bond acceptors (Lipinski definition) is 6. The molecule has 0 rings (SSSR count). The van der Waals surface area contributed by atoms with Gasteiger partial charge in [0.25, 0.3) is 0 Å². The van der Waals surface area contributed by atoms with E-state index in [0.717, 1.165) is 19.3 Å². The fourth-order valence-electron chi connectivity index (χ4n) is 0.833. The number of carbonyl (C=O) groups excluding carboxylic acids is 1. The Kier molecular flexibility index (Phi) is 140. The van der Waals surface area contributed by atoms with Gasteiger partial charge in [-0.3, -0.25) is 4.79 Å². The van der Waals surface area contributed by atoms with E-state index in [1.54, 1.807) is 13.8 Å². The van der Waals surface area contributed by atoms with Crippen molar-refractivity contribution in [3.63, 3.8) is 0 Å². The van der Waals surface area contributed by atoms with Crippen molar-refractivity contribution in [3.05, 3.63) is 7.43 Å². The molecule has 0 aliphatic rings. The average molecular weight is 501 g/mol. The van der Waals surface area contributed by atoms with Crippen LogP contribution in [0.3, 0.4) is 0 Å². The summed E-state index contributed by atoms with van der Waals surface area (Å²) in [6, 6.07) is 0. The summed E-state index contributed by atoms with van der Waals surface area (Å²) >= 11 is 0. The molecule has 0 aromatic carbocycles. The van der Waals surface area contributed by atoms with Crippen molar-refractivity contribution >= 4 is 16.1 Å². The second kappa shape index (κ2) is 52.3. The molecule has 0 aliphatic carbocycles. The molecule has 3 atom stereocenters. The van der Waals surface area contributed by atoms with Gasteiger partial charge in [-0.25, -0.2) is 8.42 Å². The highest BCUT2D eigenvalue weighted by atomic mass is 32.2. The van der Waals surface area contributed by atoms with Crippen LogP contribution in [0.2, 0.25) is 0 Å². The molecule has 0 aromatic rings. The molecule has 6 nitrogen and oxygen atoms in total. The third kappa shape index (κ3) is 115. The third-order valence-corrected chi connectivity index (χ3v) is 3.70. The highest BCUT2D eigenvalue weighted by Crippen LogP contribution is 2.02. The fraction of sp³-hybridized carbons (Fsp3) is 0.920. The van der Waals surface area contributed by atoms with Crippen LogP contribution in [0.15, 0.2) is 0 Å². The molecule has 0 amide bonds. The molecule has 1 N–H and O–H groups in total. The second-order valence-corrected chi connectivity index (χ2v) is 6.77. The van der Waals surface area contributed by atoms with Crippen molar-refractivity contribution < 1.29 is 27.6 Å². The van der Waals surface area contributed by atoms with Gasteiger partial charge in [-0.15, -0.1) is 0 Å². The first-order valence-corrected chi connectivity index (χ1v) is 9.25. The minimum atomic E-state index is -3.99. The topological polar surface area (TPSA) is 104 Å². The predicted octanol–water partition coefficient (Wildman–Crippen LogP) is 8.88. The number of rotatable bonds is 6. The average Bonchev–Trinajstić information content (AvgIpc) is 2.37. The molecule has 0 heterocycles. The van der Waals surface area contributed by atoms with Crippen LogP contribution in [-0.4, -0.2) is 42.0 Å². The first-order valence-electron chi connectivity index (χ1n) is 7.68. The van der Waals surface area contributed by atoms with Crippen LogP contribution in [0.5, 0.6) is 0 Å². The van der Waals surface area contributed by atoms with E-state index < -0.39 is 10.1 Å². The van der Waals surface area contributed by atoms with Gasteiger partial charge in [-0.1, -0.05) is 101 Å². The number of carbonyl (C=O) groups is 1. The van der Waals surface area contributed by atoms with E-state index >= 15 is 0 Å². The Morgan fingerprint density at radius 2 is 1.09 bits per heavy atom. The maximum atomic E-state index is 10.2. The molecule has 0 saturated heterocycles. The van der Waals surface area contributed by atoms with Crippen molar-refractivity contribution in [1.29, 1.82) is 0 Å². The van der Waals surface area contributed by atoms with Gasteiger partial charge in [0, 0.05) is 20.1 Å². The molecule has 3 unspecified atom stereocenters. The van der Waals surface area contributed by atoms with Gasteiger partial charge >= 0.3 is 5.97 Å². The van der Waals surface area contributed by atoms with Crippen molar-refractivity contribution in [2.24, 2.45) is 5.92 Å². The Bertz CT molecular complexity index is 355. The molecule has 0 bridgehead atoms. The lowest BCUT2D eigenvalue weighted by molar-refractivity contribution is -0.145. The first kappa shape index (κ1) is 85.9. The van der Waals surface area contributed by atoms with Gasteiger partial charge in [0.05, 0.1) is 22.3 Å². The quantitative estimate of drug-likeness (QED) is 0.222. The maximum Gasteiger partial charge on any atom is 0.302 e. The molecule has 0 fully saturated rings. The zero-order chi connectivity index (χ0) is 18.3. The number of ether oxygens (including phenoxy) is 1. The molecule has 32 heavy (non-hydrogen) atoms. The molecule has 7 heteroatoms. The van der Waals surface area contributed by atoms with Gasteiger partial charge in [0.2, 0.25) is 0 Å². The molecule has 0 saturated carbocycles. The van der Waals surface area contributed by atoms with Crippen LogP contribution in [0.4, 0.5) is 0 Å². The second-order valence-electron chi connectivity index (χ2n) is 5.32. The first-order chi connectivity index (χ1) is 9.89. The van der Waals surface area contributed by atoms with E-state index in [2.05, 4.69) is 0 Å². The lowest BCUT2D eigenvalue weighted by Gasteiger charge is -2.10. The Labute approximate surface area is 209 Å². The highest BCUT2D eigenvalue weighted by molar-refractivity contribution is 7.85. The van der Waals surface area contributed by atoms with Crippen LogP contribution in [0, 0.1) is 13.3 Å². The van der Waals surface area contributed by atoms with Crippen molar-refractivity contribution in [2.75, 3.05) is 5.75 Å². The zero-order valence-electron chi connectivity index (χ0n) is 16.0. The van der Waals surface area contributed by atoms with E-state index in [0.29, 0.717) is 0 Å². The summed E-state index contributed by atoms with van der Waals surface area (Å²) in [5.74, 6) is -0.435. The van der Waals surface area contributed by atoms with E-state index in [-0.39, 0.29) is 104 Å². The fourth-order valence-corrected chi connectivity index (χ4v) is 1.77. The zero-order valence-corrected chi connectivity index (χ0v) is 16.8. The Morgan fingerprint density at radius 3 is 1.16 bits per heavy atom. The summed E-state index contributed by atoms with van der Waals surface area (Å²) in [5, 5.41) is 8.36. The van der Waals surface area contributed by atoms with Gasteiger partial charge in [-0.2, -0.15) is 0 Å². The number of esters is 1. The smallest absolute Gasteiger partial charge is 0.302 e. The molecule has 0 aromatic heterocycles. The summed E-state index contributed by atoms with van der Waals surface area (Å²) in [4.78, 5) is 10.2. The Balaban J connectivity index is -0.0000000136. The van der Waals surface area contributed by atoms with Crippen LogP contribution in [-0.2, 0) is 19.6 Å². The summed E-state index contributed by atoms with van der Waals surface area (Å²) in [5.41, 5.74) is 0. The maximum absolute atomic E-state index is 10.2. The minimum Gasteiger partial charge on any atom is -0.748 e. The van der Waals surface area contributed by atoms with E-state index in [1.165, 1.54) is 6.92 Å². The number of aliphatic hydroxyl groups excluding tert-OH is 1. The highest BCUT2D eigenvalue weighted by Gasteiger charge is 2.02. The van der Waals surface area contributed by atoms with Crippen LogP contribution in [0.1, 0.15) is 135 Å². The molecule has 214 valence electrons. The monoisotopic (exact) mass is 501 g/mol. The molecule has 0 aliphatic heterocycles. The van der Waals surface area contributed by atoms with Crippen LogP contribution in [0.25, 0.3) is 0 Å². The van der Waals surface area contributed by atoms with Gasteiger partial charge in [0.15, 0.2) is 0 Å². The Hall–Kier alpha value is -0.790. The Morgan fingerprint density at radius 1 is 0.812 bits per heavy atom. The van der Waals surface area contributed by atoms with E-state index in [1.807, 2.05) is 27.7 Å². The largest absolute Gasteiger partial charge is 0.748 e. The van der Waals surface area contributed by atoms with Crippen molar-refractivity contribution in [1.82, 2.24) is 0 Å². The SMILES string of the molecule is C.C.C.C.C.C.C.C.C.CCC(C)CS(=O)(=O)[O-].CCC(C)O.CCC(C)OC(C)=O.[CH3+]. The van der Waals surface area contributed by atoms with Crippen LogP contribution >= 0.6 is 0 Å². The predicted molar refractivity (Wildman–Crippen MR) is 155 cm³/mol. The van der Waals surface area contributed by atoms with E-state index in [4.69, 9.17) is 9.84 Å². The van der Waals surface area contributed by atoms with Gasteiger partial charge in [-0.05, 0) is 32.6 Å². The van der Waals surface area contributed by atoms with Crippen LogP contribution < -0.4 is 0 Å². The summed E-state index contributed by atoms with van der Waals surface area (Å²) in [6.07, 6.45) is 2.45. The standard InChI is InChI=1S/C6H12O2.C5H12O3S.C4H10O.9CH4.CH3/c1-4-5(2)8-6(3)7;1-3-5(2)4-9(6,7)8;1-3-4(2)5;;;;;;;;;;/h5H,4H2,1-3H3;5H,3-4H2,1-2H3,(H,6,7,8);4-5H,3H2,1-2H3;9*1H4;1H3/q;;;;;;;;;;;;+1/p-1. The third-order valence-electron chi connectivity index (χ3n) is 2.72. The molecular weight excluding hydrogens is 428 g/mol. The number of aliphatic hydroxyl groups is 1. The van der Waals surface area contributed by atoms with Crippen molar-refractivity contribution in [2.45, 2.75) is 147 Å². The van der Waals surface area contributed by atoms with Gasteiger partial charge in [0.1, 0.15) is 0 Å². The normalized spacial score (nSPS) is 9.91. The van der Waals surface area contributed by atoms with Gasteiger partial charge < -0.3 is 14.4 Å². The molecular formula is C25H72O6S. The van der Waals surface area contributed by atoms with E-state index in [9.17, 15) is 17.8 Å². The minimum absolute atomic E-state index is 0. The summed E-state index contributed by atoms with van der Waals surface area (Å²) in [6.45, 7) is 12.6. The molecule has 0 spiro atoms. The summed E-state index contributed by atoms with van der Waals surface area (Å²) in [7, 11) is -3.99. The number of hydrogen-bond donors (Lipinski definition) is 1. The molecule has 0 radical (unpaired) electrons. The lowest BCUT2D eigenvalue weighted by atomic mass is 10.2. The van der Waals surface area contributed by atoms with Crippen molar-refractivity contribution in [3.8, 4) is 0 Å².